The van der Waals surface area contributed by atoms with E-state index in [4.69, 9.17) is 14.5 Å². The van der Waals surface area contributed by atoms with Gasteiger partial charge in [0.15, 0.2) is 0 Å². The number of pyridine rings is 1. The summed E-state index contributed by atoms with van der Waals surface area (Å²) in [6.45, 7) is 7.24. The molecule has 0 spiro atoms. The Morgan fingerprint density at radius 1 is 1.15 bits per heavy atom. The first-order chi connectivity index (χ1) is 13.0. The SMILES string of the molecule is CCOC(=O)N1CCN(Cc2nc3ccccc3c(C)c2C(=O)OC)CC1. The molecule has 1 saturated heterocycles. The van der Waals surface area contributed by atoms with Crippen LogP contribution in [0, 0.1) is 6.92 Å². The Kier molecular flexibility index (Phi) is 5.91. The van der Waals surface area contributed by atoms with Crippen molar-refractivity contribution in [2.45, 2.75) is 20.4 Å². The maximum absolute atomic E-state index is 12.4. The number of hydrogen-bond acceptors (Lipinski definition) is 6. The van der Waals surface area contributed by atoms with Crippen LogP contribution in [0.25, 0.3) is 10.9 Å². The van der Waals surface area contributed by atoms with E-state index >= 15 is 0 Å². The number of hydrogen-bond donors (Lipinski definition) is 0. The number of carbonyl (C=O) groups excluding carboxylic acids is 2. The fourth-order valence-corrected chi connectivity index (χ4v) is 3.44. The van der Waals surface area contributed by atoms with Crippen molar-refractivity contribution in [3.05, 3.63) is 41.1 Å². The number of fused-ring (bicyclic) bond motifs is 1. The topological polar surface area (TPSA) is 72.0 Å². The number of methoxy groups -OCH3 is 1. The summed E-state index contributed by atoms with van der Waals surface area (Å²) >= 11 is 0. The molecule has 7 heteroatoms. The molecule has 1 fully saturated rings. The van der Waals surface area contributed by atoms with Gasteiger partial charge in [-0.25, -0.2) is 9.59 Å². The van der Waals surface area contributed by atoms with E-state index in [-0.39, 0.29) is 12.1 Å². The summed E-state index contributed by atoms with van der Waals surface area (Å²) in [6.07, 6.45) is -0.271. The van der Waals surface area contributed by atoms with Gasteiger partial charge >= 0.3 is 12.1 Å². The highest BCUT2D eigenvalue weighted by molar-refractivity contribution is 5.98. The molecule has 7 nitrogen and oxygen atoms in total. The number of aryl methyl sites for hydroxylation is 1. The number of piperazine rings is 1. The molecule has 27 heavy (non-hydrogen) atoms. The van der Waals surface area contributed by atoms with Crippen molar-refractivity contribution in [3.8, 4) is 0 Å². The Labute approximate surface area is 158 Å². The molecular formula is C20H25N3O4. The minimum Gasteiger partial charge on any atom is -0.465 e. The van der Waals surface area contributed by atoms with E-state index in [1.807, 2.05) is 31.2 Å². The highest BCUT2D eigenvalue weighted by Crippen LogP contribution is 2.25. The number of ether oxygens (including phenoxy) is 2. The van der Waals surface area contributed by atoms with Crippen molar-refractivity contribution >= 4 is 23.0 Å². The molecule has 0 atom stereocenters. The van der Waals surface area contributed by atoms with Crippen LogP contribution in [-0.2, 0) is 16.0 Å². The molecule has 0 bridgehead atoms. The molecule has 0 aliphatic carbocycles. The minimum atomic E-state index is -0.370. The van der Waals surface area contributed by atoms with Gasteiger partial charge in [0.05, 0.1) is 30.5 Å². The summed E-state index contributed by atoms with van der Waals surface area (Å²) in [6, 6.07) is 7.79. The van der Waals surface area contributed by atoms with Crippen molar-refractivity contribution < 1.29 is 19.1 Å². The maximum atomic E-state index is 12.4. The van der Waals surface area contributed by atoms with Gasteiger partial charge in [0.25, 0.3) is 0 Å². The first kappa shape index (κ1) is 19.1. The molecule has 144 valence electrons. The van der Waals surface area contributed by atoms with E-state index in [2.05, 4.69) is 4.90 Å². The lowest BCUT2D eigenvalue weighted by molar-refractivity contribution is 0.0595. The molecule has 1 amide bonds. The third-order valence-corrected chi connectivity index (χ3v) is 4.89. The molecule has 1 aliphatic heterocycles. The second-order valence-corrected chi connectivity index (χ2v) is 6.53. The Morgan fingerprint density at radius 3 is 2.52 bits per heavy atom. The van der Waals surface area contributed by atoms with Crippen molar-refractivity contribution in [2.24, 2.45) is 0 Å². The Morgan fingerprint density at radius 2 is 1.85 bits per heavy atom. The Balaban J connectivity index is 1.82. The number of nitrogens with zero attached hydrogens (tertiary/aromatic N) is 3. The molecule has 0 N–H and O–H groups in total. The van der Waals surface area contributed by atoms with Crippen LogP contribution in [0.3, 0.4) is 0 Å². The summed E-state index contributed by atoms with van der Waals surface area (Å²) in [4.78, 5) is 32.9. The van der Waals surface area contributed by atoms with Gasteiger partial charge in [0.2, 0.25) is 0 Å². The highest BCUT2D eigenvalue weighted by Gasteiger charge is 2.25. The van der Waals surface area contributed by atoms with Crippen molar-refractivity contribution in [3.63, 3.8) is 0 Å². The first-order valence-electron chi connectivity index (χ1n) is 9.15. The van der Waals surface area contributed by atoms with Gasteiger partial charge in [-0.15, -0.1) is 0 Å². The van der Waals surface area contributed by atoms with Gasteiger partial charge in [0.1, 0.15) is 0 Å². The van der Waals surface area contributed by atoms with Gasteiger partial charge in [-0.2, -0.15) is 0 Å². The third kappa shape index (κ3) is 4.03. The number of amides is 1. The molecule has 2 aromatic rings. The predicted octanol–water partition coefficient (Wildman–Crippen LogP) is 2.60. The largest absolute Gasteiger partial charge is 0.465 e. The third-order valence-electron chi connectivity index (χ3n) is 4.89. The van der Waals surface area contributed by atoms with Gasteiger partial charge in [0, 0.05) is 38.1 Å². The van der Waals surface area contributed by atoms with Crippen molar-refractivity contribution in [1.29, 1.82) is 0 Å². The van der Waals surface area contributed by atoms with Gasteiger partial charge in [-0.1, -0.05) is 18.2 Å². The number of para-hydroxylation sites is 1. The lowest BCUT2D eigenvalue weighted by atomic mass is 10.0. The zero-order valence-electron chi connectivity index (χ0n) is 16.0. The maximum Gasteiger partial charge on any atom is 0.409 e. The van der Waals surface area contributed by atoms with Crippen LogP contribution >= 0.6 is 0 Å². The minimum absolute atomic E-state index is 0.271. The van der Waals surface area contributed by atoms with E-state index in [0.717, 1.165) is 16.5 Å². The molecule has 0 saturated carbocycles. The molecular weight excluding hydrogens is 346 g/mol. The molecule has 1 aromatic heterocycles. The first-order valence-corrected chi connectivity index (χ1v) is 9.15. The average molecular weight is 371 g/mol. The van der Waals surface area contributed by atoms with Crippen LogP contribution in [0.4, 0.5) is 4.79 Å². The van der Waals surface area contributed by atoms with Gasteiger partial charge in [-0.05, 0) is 25.5 Å². The van der Waals surface area contributed by atoms with Crippen LogP contribution in [0.15, 0.2) is 24.3 Å². The lowest BCUT2D eigenvalue weighted by Crippen LogP contribution is -2.48. The average Bonchev–Trinajstić information content (AvgIpc) is 2.68. The van der Waals surface area contributed by atoms with Crippen LogP contribution in [0.5, 0.6) is 0 Å². The summed E-state index contributed by atoms with van der Waals surface area (Å²) in [5.41, 5.74) is 2.99. The van der Waals surface area contributed by atoms with Crippen molar-refractivity contribution in [1.82, 2.24) is 14.8 Å². The molecule has 1 aromatic carbocycles. The predicted molar refractivity (Wildman–Crippen MR) is 102 cm³/mol. The number of aromatic nitrogens is 1. The van der Waals surface area contributed by atoms with Gasteiger partial charge in [-0.3, -0.25) is 9.88 Å². The van der Waals surface area contributed by atoms with Crippen LogP contribution in [0.1, 0.15) is 28.5 Å². The van der Waals surface area contributed by atoms with E-state index in [1.165, 1.54) is 7.11 Å². The second-order valence-electron chi connectivity index (χ2n) is 6.53. The zero-order chi connectivity index (χ0) is 19.4. The van der Waals surface area contributed by atoms with Crippen LogP contribution in [0.2, 0.25) is 0 Å². The van der Waals surface area contributed by atoms with E-state index in [0.29, 0.717) is 50.6 Å². The van der Waals surface area contributed by atoms with E-state index in [1.54, 1.807) is 11.8 Å². The fraction of sp³-hybridized carbons (Fsp3) is 0.450. The molecule has 3 rings (SSSR count). The summed E-state index contributed by atoms with van der Waals surface area (Å²) in [5.74, 6) is -0.370. The fourth-order valence-electron chi connectivity index (χ4n) is 3.44. The van der Waals surface area contributed by atoms with Crippen LogP contribution < -0.4 is 0 Å². The van der Waals surface area contributed by atoms with Crippen molar-refractivity contribution in [2.75, 3.05) is 39.9 Å². The normalized spacial score (nSPS) is 15.0. The number of benzene rings is 1. The Hall–Kier alpha value is -2.67. The number of carbonyl (C=O) groups is 2. The highest BCUT2D eigenvalue weighted by atomic mass is 16.6. The summed E-state index contributed by atoms with van der Waals surface area (Å²) in [7, 11) is 1.39. The summed E-state index contributed by atoms with van der Waals surface area (Å²) in [5, 5.41) is 0.953. The molecule has 0 unspecified atom stereocenters. The van der Waals surface area contributed by atoms with Crippen LogP contribution in [-0.4, -0.2) is 66.7 Å². The quantitative estimate of drug-likeness (QED) is 0.770. The van der Waals surface area contributed by atoms with Gasteiger partial charge < -0.3 is 14.4 Å². The summed E-state index contributed by atoms with van der Waals surface area (Å²) < 4.78 is 10.1. The molecule has 1 aliphatic rings. The monoisotopic (exact) mass is 371 g/mol. The second kappa shape index (κ2) is 8.35. The lowest BCUT2D eigenvalue weighted by Gasteiger charge is -2.34. The Bertz CT molecular complexity index is 844. The number of rotatable bonds is 4. The molecule has 2 heterocycles. The van der Waals surface area contributed by atoms with E-state index in [9.17, 15) is 9.59 Å². The standard InChI is InChI=1S/C20H25N3O4/c1-4-27-20(25)23-11-9-22(10-12-23)13-17-18(19(24)26-3)14(2)15-7-5-6-8-16(15)21-17/h5-8H,4,9-13H2,1-3H3. The van der Waals surface area contributed by atoms with E-state index < -0.39 is 0 Å². The molecule has 0 radical (unpaired) electrons. The smallest absolute Gasteiger partial charge is 0.409 e. The number of esters is 1. The zero-order valence-corrected chi connectivity index (χ0v) is 16.0.